The molecule has 0 aliphatic carbocycles. The van der Waals surface area contributed by atoms with Gasteiger partial charge in [0.15, 0.2) is 9.04 Å². The Morgan fingerprint density at radius 1 is 1.14 bits per heavy atom. The van der Waals surface area contributed by atoms with Crippen molar-refractivity contribution >= 4 is 9.04 Å². The van der Waals surface area contributed by atoms with Crippen LogP contribution in [0.4, 0.5) is 0 Å². The first-order valence-corrected chi connectivity index (χ1v) is 8.30. The predicted octanol–water partition coefficient (Wildman–Crippen LogP) is 2.50. The first-order chi connectivity index (χ1) is 6.49. The number of rotatable bonds is 7. The molecule has 1 atom stereocenters. The van der Waals surface area contributed by atoms with E-state index in [9.17, 15) is 0 Å². The van der Waals surface area contributed by atoms with Crippen LogP contribution in [0.25, 0.3) is 0 Å². The van der Waals surface area contributed by atoms with Crippen molar-refractivity contribution in [2.75, 3.05) is 13.2 Å². The van der Waals surface area contributed by atoms with E-state index in [1.54, 1.807) is 0 Å². The van der Waals surface area contributed by atoms with Crippen molar-refractivity contribution in [2.45, 2.75) is 59.3 Å². The molecular weight excluding hydrogens is 190 g/mol. The molecule has 0 aliphatic heterocycles. The number of hydrogen-bond donors (Lipinski definition) is 0. The summed E-state index contributed by atoms with van der Waals surface area (Å²) in [4.78, 5) is 2.54. The van der Waals surface area contributed by atoms with E-state index in [4.69, 9.17) is 4.43 Å². The molecular formula is C11H27NOSi. The Balaban J connectivity index is 3.82. The van der Waals surface area contributed by atoms with Crippen LogP contribution in [0, 0.1) is 0 Å². The summed E-state index contributed by atoms with van der Waals surface area (Å²) < 4.78 is 5.66. The maximum Gasteiger partial charge on any atom is 0.175 e. The summed E-state index contributed by atoms with van der Waals surface area (Å²) in [6.07, 6.45) is 0. The molecule has 0 spiro atoms. The minimum Gasteiger partial charge on any atom is -0.421 e. The van der Waals surface area contributed by atoms with Crippen LogP contribution in [0.15, 0.2) is 0 Å². The fourth-order valence-electron chi connectivity index (χ4n) is 1.81. The summed E-state index contributed by atoms with van der Waals surface area (Å²) in [5.74, 6) is 0. The van der Waals surface area contributed by atoms with Gasteiger partial charge in [0.2, 0.25) is 0 Å². The van der Waals surface area contributed by atoms with E-state index >= 15 is 0 Å². The summed E-state index contributed by atoms with van der Waals surface area (Å²) >= 11 is 0. The molecule has 0 radical (unpaired) electrons. The molecule has 0 aromatic rings. The summed E-state index contributed by atoms with van der Waals surface area (Å²) in [6.45, 7) is 15.5. The van der Waals surface area contributed by atoms with E-state index in [-0.39, 0.29) is 0 Å². The van der Waals surface area contributed by atoms with Gasteiger partial charge in [-0.15, -0.1) is 0 Å². The van der Waals surface area contributed by atoms with Crippen molar-refractivity contribution in [3.05, 3.63) is 0 Å². The van der Waals surface area contributed by atoms with Gasteiger partial charge in [0.25, 0.3) is 0 Å². The zero-order valence-electron chi connectivity index (χ0n) is 10.7. The Morgan fingerprint density at radius 2 is 1.64 bits per heavy atom. The molecule has 1 unspecified atom stereocenters. The molecule has 0 N–H and O–H groups in total. The fraction of sp³-hybridized carbons (Fsp3) is 1.00. The van der Waals surface area contributed by atoms with Crippen LogP contribution in [0.2, 0.25) is 12.6 Å². The molecule has 0 bridgehead atoms. The number of hydrogen-bond acceptors (Lipinski definition) is 2. The van der Waals surface area contributed by atoms with Crippen LogP contribution in [0.1, 0.15) is 34.6 Å². The van der Waals surface area contributed by atoms with Crippen LogP contribution < -0.4 is 0 Å². The van der Waals surface area contributed by atoms with Crippen molar-refractivity contribution in [1.29, 1.82) is 0 Å². The molecule has 0 rings (SSSR count). The largest absolute Gasteiger partial charge is 0.421 e. The lowest BCUT2D eigenvalue weighted by molar-refractivity contribution is 0.182. The van der Waals surface area contributed by atoms with E-state index in [1.165, 1.54) is 12.6 Å². The molecule has 0 saturated heterocycles. The molecule has 3 heteroatoms. The molecule has 14 heavy (non-hydrogen) atoms. The smallest absolute Gasteiger partial charge is 0.175 e. The van der Waals surface area contributed by atoms with Crippen molar-refractivity contribution in [1.82, 2.24) is 4.90 Å². The van der Waals surface area contributed by atoms with Gasteiger partial charge >= 0.3 is 0 Å². The Morgan fingerprint density at radius 3 is 2.00 bits per heavy atom. The fourth-order valence-corrected chi connectivity index (χ4v) is 3.21. The minimum absolute atomic E-state index is 0.651. The molecule has 0 saturated carbocycles. The average Bonchev–Trinajstić information content (AvgIpc) is 2.03. The van der Waals surface area contributed by atoms with Crippen LogP contribution in [0.5, 0.6) is 0 Å². The Hall–Kier alpha value is 0.137. The van der Waals surface area contributed by atoms with Gasteiger partial charge in [-0.1, -0.05) is 0 Å². The topological polar surface area (TPSA) is 12.5 Å². The van der Waals surface area contributed by atoms with Crippen LogP contribution in [-0.2, 0) is 4.43 Å². The average molecular weight is 217 g/mol. The molecule has 2 nitrogen and oxygen atoms in total. The monoisotopic (exact) mass is 217 g/mol. The summed E-state index contributed by atoms with van der Waals surface area (Å²) in [5, 5.41) is 0. The van der Waals surface area contributed by atoms with Crippen molar-refractivity contribution < 1.29 is 4.43 Å². The van der Waals surface area contributed by atoms with Gasteiger partial charge < -0.3 is 4.43 Å². The molecule has 0 aromatic heterocycles. The third-order valence-corrected chi connectivity index (χ3v) is 4.55. The first kappa shape index (κ1) is 14.1. The Bertz CT molecular complexity index is 131. The lowest BCUT2D eigenvalue weighted by atomic mass is 10.2. The lowest BCUT2D eigenvalue weighted by Crippen LogP contribution is -2.39. The van der Waals surface area contributed by atoms with E-state index in [2.05, 4.69) is 46.1 Å². The third kappa shape index (κ3) is 5.78. The highest BCUT2D eigenvalue weighted by Crippen LogP contribution is 2.07. The lowest BCUT2D eigenvalue weighted by Gasteiger charge is -2.31. The summed E-state index contributed by atoms with van der Waals surface area (Å²) in [6, 6.07) is 2.57. The normalized spacial score (nSPS) is 14.4. The standard InChI is InChI=1S/C11H27NOSi/c1-7-13-14(6)9-8-12(10(2)3)11(4)5/h10-11,14H,7-9H2,1-6H3. The SMILES string of the molecule is CCO[SiH](C)CCN(C(C)C)C(C)C. The highest BCUT2D eigenvalue weighted by Gasteiger charge is 2.14. The van der Waals surface area contributed by atoms with Gasteiger partial charge in [0.05, 0.1) is 0 Å². The molecule has 0 fully saturated rings. The maximum atomic E-state index is 5.66. The van der Waals surface area contributed by atoms with Gasteiger partial charge in [-0.3, -0.25) is 4.90 Å². The van der Waals surface area contributed by atoms with Gasteiger partial charge in [-0.25, -0.2) is 0 Å². The molecule has 0 heterocycles. The van der Waals surface area contributed by atoms with E-state index in [1.807, 2.05) is 0 Å². The second kappa shape index (κ2) is 7.43. The van der Waals surface area contributed by atoms with Crippen LogP contribution >= 0.6 is 0 Å². The second-order valence-corrected chi connectivity index (χ2v) is 7.01. The van der Waals surface area contributed by atoms with Crippen molar-refractivity contribution in [3.8, 4) is 0 Å². The summed E-state index contributed by atoms with van der Waals surface area (Å²) in [5.41, 5.74) is 0. The number of nitrogens with zero attached hydrogens (tertiary/aromatic N) is 1. The molecule has 86 valence electrons. The van der Waals surface area contributed by atoms with E-state index in [0.29, 0.717) is 12.1 Å². The second-order valence-electron chi connectivity index (χ2n) is 4.48. The Kier molecular flexibility index (Phi) is 7.50. The zero-order chi connectivity index (χ0) is 11.1. The highest BCUT2D eigenvalue weighted by atomic mass is 28.3. The first-order valence-electron chi connectivity index (χ1n) is 5.86. The molecule has 0 amide bonds. The zero-order valence-corrected chi connectivity index (χ0v) is 11.9. The predicted molar refractivity (Wildman–Crippen MR) is 66.4 cm³/mol. The minimum atomic E-state index is -0.882. The highest BCUT2D eigenvalue weighted by molar-refractivity contribution is 6.50. The van der Waals surface area contributed by atoms with Crippen LogP contribution in [-0.4, -0.2) is 39.2 Å². The quantitative estimate of drug-likeness (QED) is 0.608. The summed E-state index contributed by atoms with van der Waals surface area (Å²) in [7, 11) is -0.882. The van der Waals surface area contributed by atoms with Crippen molar-refractivity contribution in [2.24, 2.45) is 0 Å². The molecule has 0 aliphatic rings. The van der Waals surface area contributed by atoms with Gasteiger partial charge in [-0.05, 0) is 53.8 Å². The van der Waals surface area contributed by atoms with Gasteiger partial charge in [0.1, 0.15) is 0 Å². The van der Waals surface area contributed by atoms with E-state index < -0.39 is 9.04 Å². The van der Waals surface area contributed by atoms with Crippen LogP contribution in [0.3, 0.4) is 0 Å². The molecule has 0 aromatic carbocycles. The maximum absolute atomic E-state index is 5.66. The van der Waals surface area contributed by atoms with E-state index in [0.717, 1.165) is 6.61 Å². The van der Waals surface area contributed by atoms with Crippen molar-refractivity contribution in [3.63, 3.8) is 0 Å². The van der Waals surface area contributed by atoms with Gasteiger partial charge in [0, 0.05) is 18.7 Å². The third-order valence-electron chi connectivity index (χ3n) is 2.57. The van der Waals surface area contributed by atoms with Gasteiger partial charge in [-0.2, -0.15) is 0 Å². The Labute approximate surface area is 91.4 Å².